The Balaban J connectivity index is 1.59. The molecular formula is C27H38N4O. The maximum Gasteiger partial charge on any atom is 0.223 e. The Hall–Kier alpha value is -2.43. The second kappa shape index (κ2) is 9.60. The van der Waals surface area contributed by atoms with E-state index in [1.807, 2.05) is 23.1 Å². The second-order valence-electron chi connectivity index (χ2n) is 10.8. The van der Waals surface area contributed by atoms with Crippen LogP contribution in [0.4, 0.5) is 5.82 Å². The van der Waals surface area contributed by atoms with Crippen LogP contribution < -0.4 is 4.90 Å². The van der Waals surface area contributed by atoms with E-state index in [4.69, 9.17) is 9.97 Å². The molecule has 0 spiro atoms. The number of rotatable bonds is 5. The van der Waals surface area contributed by atoms with Crippen molar-refractivity contribution in [2.24, 2.45) is 11.3 Å². The molecule has 2 aliphatic rings. The lowest BCUT2D eigenvalue weighted by Crippen LogP contribution is -2.39. The van der Waals surface area contributed by atoms with Crippen LogP contribution in [0.5, 0.6) is 0 Å². The summed E-state index contributed by atoms with van der Waals surface area (Å²) in [6.45, 7) is 12.4. The molecule has 1 unspecified atom stereocenters. The van der Waals surface area contributed by atoms with E-state index < -0.39 is 0 Å². The van der Waals surface area contributed by atoms with Crippen LogP contribution in [0.1, 0.15) is 71.1 Å². The zero-order valence-corrected chi connectivity index (χ0v) is 20.2. The van der Waals surface area contributed by atoms with Gasteiger partial charge in [0, 0.05) is 43.6 Å². The topological polar surface area (TPSA) is 49.3 Å². The minimum atomic E-state index is 0.247. The molecule has 32 heavy (non-hydrogen) atoms. The van der Waals surface area contributed by atoms with Gasteiger partial charge in [0.2, 0.25) is 5.91 Å². The highest BCUT2D eigenvalue weighted by molar-refractivity contribution is 5.77. The first-order valence-corrected chi connectivity index (χ1v) is 12.3. The van der Waals surface area contributed by atoms with E-state index in [9.17, 15) is 4.79 Å². The number of fused-ring (bicyclic) bond motifs is 1. The zero-order chi connectivity index (χ0) is 22.7. The second-order valence-corrected chi connectivity index (χ2v) is 10.8. The van der Waals surface area contributed by atoms with E-state index >= 15 is 0 Å². The molecular weight excluding hydrogens is 396 g/mol. The normalized spacial score (nSPS) is 17.8. The smallest absolute Gasteiger partial charge is 0.223 e. The molecule has 0 aliphatic carbocycles. The van der Waals surface area contributed by atoms with E-state index in [0.717, 1.165) is 60.9 Å². The van der Waals surface area contributed by atoms with Gasteiger partial charge in [0.25, 0.3) is 0 Å². The van der Waals surface area contributed by atoms with Crippen molar-refractivity contribution in [1.82, 2.24) is 14.9 Å². The van der Waals surface area contributed by atoms with Crippen LogP contribution in [0.2, 0.25) is 0 Å². The van der Waals surface area contributed by atoms with Crippen LogP contribution in [0.3, 0.4) is 0 Å². The van der Waals surface area contributed by atoms with Gasteiger partial charge in [-0.3, -0.25) is 4.79 Å². The highest BCUT2D eigenvalue weighted by Crippen LogP contribution is 2.32. The van der Waals surface area contributed by atoms with Crippen molar-refractivity contribution in [2.75, 3.05) is 24.5 Å². The predicted octanol–water partition coefficient (Wildman–Crippen LogP) is 5.48. The molecule has 4 rings (SSSR count). The number of hydrogen-bond donors (Lipinski definition) is 0. The van der Waals surface area contributed by atoms with Gasteiger partial charge >= 0.3 is 0 Å². The maximum atomic E-state index is 13.2. The van der Waals surface area contributed by atoms with Crippen LogP contribution in [0.15, 0.2) is 30.3 Å². The van der Waals surface area contributed by atoms with Crippen molar-refractivity contribution >= 4 is 11.7 Å². The third kappa shape index (κ3) is 5.48. The lowest BCUT2D eigenvalue weighted by molar-refractivity contribution is -0.133. The maximum absolute atomic E-state index is 13.2. The molecule has 5 heteroatoms. The monoisotopic (exact) mass is 434 g/mol. The van der Waals surface area contributed by atoms with Crippen LogP contribution in [-0.4, -0.2) is 40.4 Å². The van der Waals surface area contributed by atoms with Crippen LogP contribution in [0.25, 0.3) is 11.4 Å². The molecule has 2 aliphatic heterocycles. The van der Waals surface area contributed by atoms with Gasteiger partial charge in [-0.25, -0.2) is 9.97 Å². The molecule has 1 fully saturated rings. The van der Waals surface area contributed by atoms with Crippen molar-refractivity contribution in [3.05, 3.63) is 41.6 Å². The predicted molar refractivity (Wildman–Crippen MR) is 131 cm³/mol. The number of amides is 1. The van der Waals surface area contributed by atoms with Gasteiger partial charge in [0.1, 0.15) is 5.82 Å². The summed E-state index contributed by atoms with van der Waals surface area (Å²) in [5.41, 5.74) is 3.58. The van der Waals surface area contributed by atoms with E-state index in [-0.39, 0.29) is 11.3 Å². The van der Waals surface area contributed by atoms with Gasteiger partial charge in [0.15, 0.2) is 5.82 Å². The largest absolute Gasteiger partial charge is 0.356 e. The molecule has 2 aromatic rings. The van der Waals surface area contributed by atoms with Crippen LogP contribution in [-0.2, 0) is 17.8 Å². The van der Waals surface area contributed by atoms with Crippen molar-refractivity contribution < 1.29 is 4.79 Å². The average Bonchev–Trinajstić information content (AvgIpc) is 2.77. The van der Waals surface area contributed by atoms with Gasteiger partial charge in [-0.15, -0.1) is 0 Å². The molecule has 3 heterocycles. The third-order valence-corrected chi connectivity index (χ3v) is 6.56. The Morgan fingerprint density at radius 3 is 2.44 bits per heavy atom. The molecule has 1 atom stereocenters. The molecule has 1 amide bonds. The minimum absolute atomic E-state index is 0.247. The van der Waals surface area contributed by atoms with E-state index in [2.05, 4.69) is 44.7 Å². The van der Waals surface area contributed by atoms with Crippen LogP contribution in [0, 0.1) is 11.3 Å². The van der Waals surface area contributed by atoms with Gasteiger partial charge < -0.3 is 9.80 Å². The molecule has 0 saturated carbocycles. The fraction of sp³-hybridized carbons (Fsp3) is 0.593. The Bertz CT molecular complexity index is 929. The van der Waals surface area contributed by atoms with Crippen LogP contribution >= 0.6 is 0 Å². The van der Waals surface area contributed by atoms with Crippen molar-refractivity contribution in [1.29, 1.82) is 0 Å². The van der Waals surface area contributed by atoms with Gasteiger partial charge in [-0.2, -0.15) is 0 Å². The lowest BCUT2D eigenvalue weighted by Gasteiger charge is -2.35. The van der Waals surface area contributed by atoms with Crippen molar-refractivity contribution in [3.8, 4) is 11.4 Å². The fourth-order valence-corrected chi connectivity index (χ4v) is 5.24. The highest BCUT2D eigenvalue weighted by atomic mass is 16.2. The number of piperidine rings is 1. The molecule has 5 nitrogen and oxygen atoms in total. The molecule has 172 valence electrons. The quantitative estimate of drug-likeness (QED) is 0.625. The first kappa shape index (κ1) is 22.8. The molecule has 1 aromatic heterocycles. The number of nitrogens with zero attached hydrogens (tertiary/aromatic N) is 4. The van der Waals surface area contributed by atoms with E-state index in [0.29, 0.717) is 18.9 Å². The Morgan fingerprint density at radius 2 is 1.75 bits per heavy atom. The molecule has 1 aromatic carbocycles. The molecule has 0 N–H and O–H groups in total. The molecule has 0 radical (unpaired) electrons. The van der Waals surface area contributed by atoms with E-state index in [1.54, 1.807) is 0 Å². The Morgan fingerprint density at radius 1 is 1.03 bits per heavy atom. The van der Waals surface area contributed by atoms with E-state index in [1.165, 1.54) is 19.3 Å². The molecule has 1 saturated heterocycles. The number of hydrogen-bond acceptors (Lipinski definition) is 4. The summed E-state index contributed by atoms with van der Waals surface area (Å²) in [6.07, 6.45) is 6.17. The van der Waals surface area contributed by atoms with Crippen molar-refractivity contribution in [2.45, 2.75) is 72.8 Å². The van der Waals surface area contributed by atoms with Gasteiger partial charge in [-0.1, -0.05) is 58.0 Å². The summed E-state index contributed by atoms with van der Waals surface area (Å²) in [5, 5.41) is 0. The van der Waals surface area contributed by atoms with Gasteiger partial charge in [0.05, 0.1) is 12.2 Å². The number of carbonyl (C=O) groups is 1. The summed E-state index contributed by atoms with van der Waals surface area (Å²) in [5.74, 6) is 2.52. The zero-order valence-electron chi connectivity index (χ0n) is 20.2. The summed E-state index contributed by atoms with van der Waals surface area (Å²) < 4.78 is 0. The highest BCUT2D eigenvalue weighted by Gasteiger charge is 2.29. The SMILES string of the molecule is CC(CC(=O)N1CCc2nc(-c3ccccc3)nc(N3CCCCC3)c2C1)CC(C)(C)C. The van der Waals surface area contributed by atoms with Crippen molar-refractivity contribution in [3.63, 3.8) is 0 Å². The van der Waals surface area contributed by atoms with Gasteiger partial charge in [-0.05, 0) is 37.0 Å². The number of carbonyl (C=O) groups excluding carboxylic acids is 1. The summed E-state index contributed by atoms with van der Waals surface area (Å²) in [6, 6.07) is 10.3. The Kier molecular flexibility index (Phi) is 6.82. The summed E-state index contributed by atoms with van der Waals surface area (Å²) >= 11 is 0. The first-order valence-electron chi connectivity index (χ1n) is 12.3. The molecule has 0 bridgehead atoms. The Labute approximate surface area is 193 Å². The lowest BCUT2D eigenvalue weighted by atomic mass is 9.84. The minimum Gasteiger partial charge on any atom is -0.356 e. The summed E-state index contributed by atoms with van der Waals surface area (Å²) in [7, 11) is 0. The first-order chi connectivity index (χ1) is 15.3. The number of anilines is 1. The third-order valence-electron chi connectivity index (χ3n) is 6.56. The number of benzene rings is 1. The average molecular weight is 435 g/mol. The number of aromatic nitrogens is 2. The standard InChI is InChI=1S/C27H38N4O/c1-20(18-27(2,3)4)17-24(32)31-16-13-23-22(19-31)26(30-14-9-6-10-15-30)29-25(28-23)21-11-7-5-8-12-21/h5,7-8,11-12,20H,6,9-10,13-19H2,1-4H3. The summed E-state index contributed by atoms with van der Waals surface area (Å²) in [4.78, 5) is 27.6. The fourth-order valence-electron chi connectivity index (χ4n) is 5.24.